The number of ether oxygens (including phenoxy) is 1. The number of hydrogen-bond donors (Lipinski definition) is 0. The van der Waals surface area contributed by atoms with E-state index in [-0.39, 0.29) is 24.2 Å². The molecule has 0 bridgehead atoms. The topological polar surface area (TPSA) is 56.3 Å². The zero-order chi connectivity index (χ0) is 35.1. The van der Waals surface area contributed by atoms with Gasteiger partial charge in [-0.2, -0.15) is 26.3 Å². The molecule has 2 aromatic rings. The molecule has 2 aromatic carbocycles. The second kappa shape index (κ2) is 13.5. The van der Waals surface area contributed by atoms with Crippen molar-refractivity contribution in [1.29, 1.82) is 0 Å². The summed E-state index contributed by atoms with van der Waals surface area (Å²) in [6, 6.07) is 3.31. The van der Waals surface area contributed by atoms with Crippen LogP contribution < -0.4 is 0 Å². The van der Waals surface area contributed by atoms with Crippen LogP contribution in [0.2, 0.25) is 0 Å². The fourth-order valence-corrected chi connectivity index (χ4v) is 6.22. The first kappa shape index (κ1) is 36.3. The summed E-state index contributed by atoms with van der Waals surface area (Å²) in [6.45, 7) is 10.8. The van der Waals surface area contributed by atoms with Gasteiger partial charge in [0.1, 0.15) is 11.4 Å². The average Bonchev–Trinajstić information content (AvgIpc) is 2.98. The van der Waals surface area contributed by atoms with Gasteiger partial charge in [-0.05, 0) is 94.5 Å². The number of carbonyl (C=O) groups is 2. The minimum atomic E-state index is -5.02. The lowest BCUT2D eigenvalue weighted by atomic mass is 9.88. The smallest absolute Gasteiger partial charge is 0.416 e. The van der Waals surface area contributed by atoms with E-state index in [4.69, 9.17) is 4.74 Å². The van der Waals surface area contributed by atoms with Crippen LogP contribution in [-0.4, -0.2) is 83.1 Å². The molecule has 2 aliphatic rings. The van der Waals surface area contributed by atoms with Crippen LogP contribution in [0.5, 0.6) is 0 Å². The van der Waals surface area contributed by atoms with Gasteiger partial charge in [-0.1, -0.05) is 6.07 Å². The molecule has 2 fully saturated rings. The van der Waals surface area contributed by atoms with Crippen LogP contribution in [-0.2, 0) is 17.1 Å². The Kier molecular flexibility index (Phi) is 10.4. The summed E-state index contributed by atoms with van der Waals surface area (Å²) in [5, 5.41) is 0. The molecule has 2 aliphatic heterocycles. The van der Waals surface area contributed by atoms with E-state index in [1.165, 1.54) is 26.1 Å². The Balaban J connectivity index is 1.57. The number of rotatable bonds is 4. The Bertz CT molecular complexity index is 1420. The third-order valence-corrected chi connectivity index (χ3v) is 8.87. The molecule has 0 unspecified atom stereocenters. The summed E-state index contributed by atoms with van der Waals surface area (Å²) in [7, 11) is 1.34. The second-order valence-corrected chi connectivity index (χ2v) is 13.3. The largest absolute Gasteiger partial charge is 0.444 e. The van der Waals surface area contributed by atoms with Crippen LogP contribution in [0, 0.1) is 12.7 Å². The number of aryl methyl sites for hydroxylation is 1. The number of halogens is 7. The monoisotopic (exact) mass is 674 g/mol. The molecule has 4 rings (SSSR count). The van der Waals surface area contributed by atoms with Gasteiger partial charge in [0.2, 0.25) is 0 Å². The molecule has 0 spiro atoms. The Morgan fingerprint density at radius 3 is 1.98 bits per heavy atom. The molecule has 2 saturated heterocycles. The van der Waals surface area contributed by atoms with Crippen LogP contribution in [0.1, 0.15) is 80.4 Å². The Labute approximate surface area is 270 Å². The zero-order valence-corrected chi connectivity index (χ0v) is 27.3. The molecular weight excluding hydrogens is 633 g/mol. The molecule has 3 atom stereocenters. The molecule has 260 valence electrons. The van der Waals surface area contributed by atoms with Gasteiger partial charge in [0.15, 0.2) is 0 Å². The van der Waals surface area contributed by atoms with Crippen molar-refractivity contribution in [2.45, 2.75) is 83.5 Å². The van der Waals surface area contributed by atoms with Gasteiger partial charge in [-0.3, -0.25) is 4.90 Å². The Morgan fingerprint density at radius 2 is 1.47 bits per heavy atom. The molecular formula is C33H41F7N4O3. The van der Waals surface area contributed by atoms with Gasteiger partial charge >= 0.3 is 24.5 Å². The number of hydrogen-bond acceptors (Lipinski definition) is 4. The molecule has 3 amide bonds. The van der Waals surface area contributed by atoms with E-state index in [9.17, 15) is 40.3 Å². The van der Waals surface area contributed by atoms with Gasteiger partial charge in [0.05, 0.1) is 23.2 Å². The minimum absolute atomic E-state index is 0.00479. The third-order valence-electron chi connectivity index (χ3n) is 8.87. The molecule has 7 nitrogen and oxygen atoms in total. The molecule has 0 radical (unpaired) electrons. The first-order valence-corrected chi connectivity index (χ1v) is 15.5. The fraction of sp³-hybridized carbons (Fsp3) is 0.576. The summed E-state index contributed by atoms with van der Waals surface area (Å²) >= 11 is 0. The number of nitrogens with zero attached hydrogens (tertiary/aromatic N) is 4. The van der Waals surface area contributed by atoms with Crippen molar-refractivity contribution in [3.63, 3.8) is 0 Å². The SMILES string of the molecule is Cc1cc(F)ccc1[C@H]1C[C@@H](N2CCN(C(=O)OC(C)(C)C)CC2)CCN1C(=O)N(C)[C@H](C)c1cc(C(F)(F)F)cc(C(F)(F)F)c1. The lowest BCUT2D eigenvalue weighted by Gasteiger charge is -2.47. The highest BCUT2D eigenvalue weighted by atomic mass is 19.4. The summed E-state index contributed by atoms with van der Waals surface area (Å²) in [6.07, 6.45) is -9.45. The van der Waals surface area contributed by atoms with E-state index in [1.807, 2.05) is 0 Å². The number of urea groups is 1. The highest BCUT2D eigenvalue weighted by molar-refractivity contribution is 5.75. The lowest BCUT2D eigenvalue weighted by Crippen LogP contribution is -2.56. The standard InChI is InChI=1S/C33H41F7N4O3/c1-20-15-25(34)7-8-27(20)28-19-26(42-11-13-43(14-12-42)30(46)47-31(3,4)5)9-10-44(28)29(45)41(6)21(2)22-16-23(32(35,36)37)18-24(17-22)33(38,39)40/h7-8,15-18,21,26,28H,9-14,19H2,1-6H3/t21-,26+,28-/m1/s1. The molecule has 47 heavy (non-hydrogen) atoms. The van der Waals surface area contributed by atoms with E-state index in [0.717, 1.165) is 4.90 Å². The van der Waals surface area contributed by atoms with Crippen molar-refractivity contribution in [3.8, 4) is 0 Å². The molecule has 0 N–H and O–H groups in total. The van der Waals surface area contributed by atoms with E-state index < -0.39 is 59.1 Å². The number of benzene rings is 2. The molecule has 0 aliphatic carbocycles. The summed E-state index contributed by atoms with van der Waals surface area (Å²) in [4.78, 5) is 33.2. The van der Waals surface area contributed by atoms with Gasteiger partial charge in [-0.15, -0.1) is 0 Å². The molecule has 0 saturated carbocycles. The second-order valence-electron chi connectivity index (χ2n) is 13.3. The maximum Gasteiger partial charge on any atom is 0.416 e. The Hall–Kier alpha value is -3.55. The number of piperazine rings is 1. The normalized spacial score (nSPS) is 20.6. The summed E-state index contributed by atoms with van der Waals surface area (Å²) < 4.78 is 101. The van der Waals surface area contributed by atoms with Gasteiger partial charge < -0.3 is 19.4 Å². The van der Waals surface area contributed by atoms with Crippen molar-refractivity contribution >= 4 is 12.1 Å². The predicted molar refractivity (Wildman–Crippen MR) is 161 cm³/mol. The van der Waals surface area contributed by atoms with E-state index in [0.29, 0.717) is 62.3 Å². The molecule has 14 heteroatoms. The van der Waals surface area contributed by atoms with Crippen molar-refractivity contribution in [1.82, 2.24) is 19.6 Å². The van der Waals surface area contributed by atoms with Crippen LogP contribution >= 0.6 is 0 Å². The van der Waals surface area contributed by atoms with Crippen LogP contribution in [0.4, 0.5) is 40.3 Å². The van der Waals surface area contributed by atoms with Crippen LogP contribution in [0.25, 0.3) is 0 Å². The van der Waals surface area contributed by atoms with E-state index in [1.54, 1.807) is 43.6 Å². The van der Waals surface area contributed by atoms with Crippen molar-refractivity contribution < 1.29 is 45.1 Å². The lowest BCUT2D eigenvalue weighted by molar-refractivity contribution is -0.143. The number of piperidine rings is 1. The minimum Gasteiger partial charge on any atom is -0.444 e. The zero-order valence-electron chi connectivity index (χ0n) is 27.3. The van der Waals surface area contributed by atoms with Gasteiger partial charge in [-0.25, -0.2) is 14.0 Å². The number of carbonyl (C=O) groups excluding carboxylic acids is 2. The van der Waals surface area contributed by atoms with Crippen molar-refractivity contribution in [3.05, 3.63) is 70.0 Å². The highest BCUT2D eigenvalue weighted by Gasteiger charge is 2.41. The highest BCUT2D eigenvalue weighted by Crippen LogP contribution is 2.40. The quantitative estimate of drug-likeness (QED) is 0.308. The first-order chi connectivity index (χ1) is 21.7. The summed E-state index contributed by atoms with van der Waals surface area (Å²) in [5.74, 6) is -0.453. The Morgan fingerprint density at radius 1 is 0.894 bits per heavy atom. The molecule has 2 heterocycles. The third kappa shape index (κ3) is 8.68. The molecule has 0 aromatic heterocycles. The summed E-state index contributed by atoms with van der Waals surface area (Å²) in [5.41, 5.74) is -2.55. The predicted octanol–water partition coefficient (Wildman–Crippen LogP) is 8.04. The van der Waals surface area contributed by atoms with Crippen LogP contribution in [0.3, 0.4) is 0 Å². The number of likely N-dealkylation sites (tertiary alicyclic amines) is 1. The maximum atomic E-state index is 14.1. The van der Waals surface area contributed by atoms with Gasteiger partial charge in [0, 0.05) is 45.8 Å². The first-order valence-electron chi connectivity index (χ1n) is 15.5. The van der Waals surface area contributed by atoms with E-state index in [2.05, 4.69) is 4.90 Å². The number of amides is 3. The van der Waals surface area contributed by atoms with Crippen molar-refractivity contribution in [2.24, 2.45) is 0 Å². The fourth-order valence-electron chi connectivity index (χ4n) is 6.22. The van der Waals surface area contributed by atoms with Crippen LogP contribution in [0.15, 0.2) is 36.4 Å². The number of alkyl halides is 6. The average molecular weight is 675 g/mol. The van der Waals surface area contributed by atoms with Gasteiger partial charge in [0.25, 0.3) is 0 Å². The van der Waals surface area contributed by atoms with E-state index >= 15 is 0 Å². The van der Waals surface area contributed by atoms with Crippen molar-refractivity contribution in [2.75, 3.05) is 39.8 Å². The maximum absolute atomic E-state index is 14.1.